The van der Waals surface area contributed by atoms with E-state index in [2.05, 4.69) is 5.32 Å². The summed E-state index contributed by atoms with van der Waals surface area (Å²) in [7, 11) is 0. The topological polar surface area (TPSA) is 75.4 Å². The molecule has 0 bridgehead atoms. The number of carbonyl (C=O) groups excluding carboxylic acids is 2. The van der Waals surface area contributed by atoms with Crippen LogP contribution in [0.25, 0.3) is 6.08 Å². The summed E-state index contributed by atoms with van der Waals surface area (Å²) in [5, 5.41) is 3.50. The van der Waals surface area contributed by atoms with Gasteiger partial charge in [-0.3, -0.25) is 9.59 Å². The number of nitrogens with one attached hydrogen (secondary N) is 1. The van der Waals surface area contributed by atoms with Gasteiger partial charge in [0.15, 0.2) is 0 Å². The van der Waals surface area contributed by atoms with Gasteiger partial charge in [0.05, 0.1) is 11.4 Å². The van der Waals surface area contributed by atoms with Gasteiger partial charge in [-0.05, 0) is 66.4 Å². The second-order valence-corrected chi connectivity index (χ2v) is 8.23. The number of piperidine rings is 1. The predicted molar refractivity (Wildman–Crippen MR) is 129 cm³/mol. The summed E-state index contributed by atoms with van der Waals surface area (Å²) in [4.78, 5) is 27.3. The number of amides is 2. The number of hydrogen-bond acceptors (Lipinski definition) is 3. The van der Waals surface area contributed by atoms with Gasteiger partial charge in [-0.2, -0.15) is 0 Å². The van der Waals surface area contributed by atoms with Crippen molar-refractivity contribution in [2.75, 3.05) is 17.6 Å². The van der Waals surface area contributed by atoms with Crippen LogP contribution < -0.4 is 11.1 Å². The molecule has 3 aromatic carbocycles. The zero-order chi connectivity index (χ0) is 22.5. The van der Waals surface area contributed by atoms with Crippen LogP contribution in [0.2, 0.25) is 5.02 Å². The van der Waals surface area contributed by atoms with Gasteiger partial charge in [0, 0.05) is 29.2 Å². The molecule has 3 N–H and O–H groups in total. The lowest BCUT2D eigenvalue weighted by Crippen LogP contribution is -2.36. The maximum atomic E-state index is 13.0. The monoisotopic (exact) mass is 445 g/mol. The second kappa shape index (κ2) is 9.71. The molecule has 0 atom stereocenters. The molecule has 0 unspecified atom stereocenters. The third-order valence-corrected chi connectivity index (χ3v) is 5.70. The van der Waals surface area contributed by atoms with Crippen LogP contribution >= 0.6 is 11.6 Å². The summed E-state index contributed by atoms with van der Waals surface area (Å²) in [5.74, 6) is -0.177. The Kier molecular flexibility index (Phi) is 6.57. The second-order valence-electron chi connectivity index (χ2n) is 7.79. The van der Waals surface area contributed by atoms with E-state index in [1.165, 1.54) is 0 Å². The molecule has 1 saturated heterocycles. The van der Waals surface area contributed by atoms with Crippen molar-refractivity contribution in [3.8, 4) is 0 Å². The van der Waals surface area contributed by atoms with E-state index in [0.717, 1.165) is 29.5 Å². The first-order valence-electron chi connectivity index (χ1n) is 10.5. The van der Waals surface area contributed by atoms with Crippen molar-refractivity contribution < 1.29 is 9.59 Å². The summed E-state index contributed by atoms with van der Waals surface area (Å²) in [6.07, 6.45) is 3.62. The molecule has 4 rings (SSSR count). The number of carbonyl (C=O) groups is 2. The molecule has 0 spiro atoms. The van der Waals surface area contributed by atoms with Crippen LogP contribution in [0.4, 0.5) is 11.4 Å². The van der Waals surface area contributed by atoms with Crippen LogP contribution in [-0.2, 0) is 11.3 Å². The maximum absolute atomic E-state index is 13.0. The minimum absolute atomic E-state index is 0.0487. The van der Waals surface area contributed by atoms with Crippen LogP contribution in [0.5, 0.6) is 0 Å². The molecule has 162 valence electrons. The van der Waals surface area contributed by atoms with Crippen LogP contribution in [-0.4, -0.2) is 23.3 Å². The molecule has 3 aromatic rings. The number of anilines is 2. The number of hydrogen-bond donors (Lipinski definition) is 2. The van der Waals surface area contributed by atoms with Gasteiger partial charge in [-0.25, -0.2) is 0 Å². The van der Waals surface area contributed by atoms with E-state index in [4.69, 9.17) is 17.3 Å². The highest BCUT2D eigenvalue weighted by atomic mass is 35.5. The van der Waals surface area contributed by atoms with Crippen molar-refractivity contribution >= 4 is 40.9 Å². The first-order chi connectivity index (χ1) is 15.5. The van der Waals surface area contributed by atoms with Crippen molar-refractivity contribution in [3.05, 3.63) is 100 Å². The average molecular weight is 446 g/mol. The number of nitrogens with zero attached hydrogens (tertiary/aromatic N) is 1. The Hall–Kier alpha value is -3.57. The zero-order valence-corrected chi connectivity index (χ0v) is 18.3. The van der Waals surface area contributed by atoms with Gasteiger partial charge in [0.2, 0.25) is 5.91 Å². The largest absolute Gasteiger partial charge is 0.397 e. The lowest BCUT2D eigenvalue weighted by atomic mass is 10.00. The predicted octanol–water partition coefficient (Wildman–Crippen LogP) is 5.38. The normalized spacial score (nSPS) is 15.1. The Morgan fingerprint density at radius 2 is 1.75 bits per heavy atom. The number of halogens is 1. The molecule has 2 amide bonds. The maximum Gasteiger partial charge on any atom is 0.255 e. The average Bonchev–Trinajstić information content (AvgIpc) is 2.80. The molecule has 1 fully saturated rings. The van der Waals surface area contributed by atoms with Gasteiger partial charge in [-0.1, -0.05) is 48.0 Å². The Labute approximate surface area is 192 Å². The van der Waals surface area contributed by atoms with Crippen molar-refractivity contribution in [2.45, 2.75) is 19.4 Å². The van der Waals surface area contributed by atoms with Crippen molar-refractivity contribution in [3.63, 3.8) is 0 Å². The Morgan fingerprint density at radius 1 is 1.03 bits per heavy atom. The first-order valence-corrected chi connectivity index (χ1v) is 10.9. The molecular weight excluding hydrogens is 422 g/mol. The van der Waals surface area contributed by atoms with Crippen molar-refractivity contribution in [2.24, 2.45) is 0 Å². The molecule has 5 nitrogen and oxygen atoms in total. The minimum atomic E-state index is -0.225. The van der Waals surface area contributed by atoms with Crippen molar-refractivity contribution in [1.29, 1.82) is 0 Å². The molecule has 1 heterocycles. The molecule has 32 heavy (non-hydrogen) atoms. The van der Waals surface area contributed by atoms with Crippen molar-refractivity contribution in [1.82, 2.24) is 4.90 Å². The molecule has 0 radical (unpaired) electrons. The lowest BCUT2D eigenvalue weighted by Gasteiger charge is -2.28. The fraction of sp³-hybridized carbons (Fsp3) is 0.154. The van der Waals surface area contributed by atoms with Gasteiger partial charge in [-0.15, -0.1) is 0 Å². The van der Waals surface area contributed by atoms with E-state index in [9.17, 15) is 9.59 Å². The zero-order valence-electron chi connectivity index (χ0n) is 17.6. The van der Waals surface area contributed by atoms with E-state index in [-0.39, 0.29) is 11.8 Å². The quantitative estimate of drug-likeness (QED) is 0.409. The fourth-order valence-electron chi connectivity index (χ4n) is 3.70. The van der Waals surface area contributed by atoms with E-state index in [0.29, 0.717) is 35.1 Å². The third kappa shape index (κ3) is 5.18. The summed E-state index contributed by atoms with van der Waals surface area (Å²) in [5.41, 5.74) is 10.3. The molecule has 1 aliphatic heterocycles. The van der Waals surface area contributed by atoms with E-state index in [1.807, 2.05) is 59.5 Å². The highest BCUT2D eigenvalue weighted by Crippen LogP contribution is 2.23. The Bertz CT molecular complexity index is 1150. The van der Waals surface area contributed by atoms with Crippen LogP contribution in [0.15, 0.2) is 78.4 Å². The summed E-state index contributed by atoms with van der Waals surface area (Å²) in [6.45, 7) is 1.22. The number of likely N-dealkylation sites (tertiary alicyclic amines) is 1. The van der Waals surface area contributed by atoms with Crippen LogP contribution in [0.1, 0.15) is 34.3 Å². The van der Waals surface area contributed by atoms with Gasteiger partial charge in [0.1, 0.15) is 0 Å². The summed E-state index contributed by atoms with van der Waals surface area (Å²) < 4.78 is 0. The van der Waals surface area contributed by atoms with E-state index >= 15 is 0 Å². The number of benzene rings is 3. The highest BCUT2D eigenvalue weighted by Gasteiger charge is 2.23. The SMILES string of the molecule is Nc1ccccc1NC(=O)c1ccc(CN2CCC/C(=C\c3ccc(Cl)cc3)C2=O)cc1. The van der Waals surface area contributed by atoms with Crippen LogP contribution in [0.3, 0.4) is 0 Å². The number of nitrogens with two attached hydrogens (primary N) is 1. The molecule has 6 heteroatoms. The molecule has 1 aliphatic rings. The minimum Gasteiger partial charge on any atom is -0.397 e. The molecule has 0 aliphatic carbocycles. The Morgan fingerprint density at radius 3 is 2.47 bits per heavy atom. The summed E-state index contributed by atoms with van der Waals surface area (Å²) in [6, 6.07) is 21.9. The number of nitrogen functional groups attached to an aromatic ring is 1. The molecule has 0 aromatic heterocycles. The van der Waals surface area contributed by atoms with Crippen LogP contribution in [0, 0.1) is 0 Å². The number of rotatable bonds is 5. The van der Waals surface area contributed by atoms with Gasteiger partial charge < -0.3 is 16.0 Å². The smallest absolute Gasteiger partial charge is 0.255 e. The van der Waals surface area contributed by atoms with Gasteiger partial charge in [0.25, 0.3) is 5.91 Å². The highest BCUT2D eigenvalue weighted by molar-refractivity contribution is 6.30. The van der Waals surface area contributed by atoms with E-state index in [1.54, 1.807) is 24.3 Å². The fourth-order valence-corrected chi connectivity index (χ4v) is 3.83. The number of para-hydroxylation sites is 2. The standard InChI is InChI=1S/C26H24ClN3O2/c27-22-13-9-18(10-14-22)16-21-4-3-15-30(26(21)32)17-19-7-11-20(12-8-19)25(31)29-24-6-2-1-5-23(24)28/h1-2,5-14,16H,3-4,15,17,28H2,(H,29,31)/b21-16+. The first kappa shape index (κ1) is 21.7. The lowest BCUT2D eigenvalue weighted by molar-refractivity contribution is -0.129. The van der Waals surface area contributed by atoms with E-state index < -0.39 is 0 Å². The molecule has 0 saturated carbocycles. The molecular formula is C26H24ClN3O2. The third-order valence-electron chi connectivity index (χ3n) is 5.45. The Balaban J connectivity index is 1.41. The summed E-state index contributed by atoms with van der Waals surface area (Å²) >= 11 is 5.95. The van der Waals surface area contributed by atoms with Gasteiger partial charge >= 0.3 is 0 Å².